The van der Waals surface area contributed by atoms with Gasteiger partial charge in [-0.2, -0.15) is 0 Å². The molecule has 4 heteroatoms. The summed E-state index contributed by atoms with van der Waals surface area (Å²) in [6, 6.07) is 7.84. The summed E-state index contributed by atoms with van der Waals surface area (Å²) in [7, 11) is 0. The number of nitrogens with one attached hydrogen (secondary N) is 2. The highest BCUT2D eigenvalue weighted by Crippen LogP contribution is 2.16. The van der Waals surface area contributed by atoms with Gasteiger partial charge in [0.1, 0.15) is 6.04 Å². The van der Waals surface area contributed by atoms with Crippen LogP contribution >= 0.6 is 0 Å². The molecule has 1 atom stereocenters. The Labute approximate surface area is 133 Å². The SMILES string of the molecule is Cc1ccc(C(N)C(=O)NCCNC2CCCCCC2)cc1. The Hall–Kier alpha value is -1.39. The fourth-order valence-electron chi connectivity index (χ4n) is 2.98. The van der Waals surface area contributed by atoms with Crippen LogP contribution in [-0.2, 0) is 4.79 Å². The first-order valence-electron chi connectivity index (χ1n) is 8.50. The van der Waals surface area contributed by atoms with Gasteiger partial charge in [0.25, 0.3) is 0 Å². The third-order valence-corrected chi connectivity index (χ3v) is 4.43. The van der Waals surface area contributed by atoms with Crippen molar-refractivity contribution in [2.75, 3.05) is 13.1 Å². The molecular formula is C18H29N3O. The van der Waals surface area contributed by atoms with Gasteiger partial charge in [0.15, 0.2) is 0 Å². The smallest absolute Gasteiger partial charge is 0.241 e. The Morgan fingerprint density at radius 1 is 1.14 bits per heavy atom. The Kier molecular flexibility index (Phi) is 6.87. The predicted molar refractivity (Wildman–Crippen MR) is 90.6 cm³/mol. The zero-order chi connectivity index (χ0) is 15.8. The van der Waals surface area contributed by atoms with E-state index in [0.29, 0.717) is 12.6 Å². The summed E-state index contributed by atoms with van der Waals surface area (Å²) in [6.45, 7) is 3.47. The van der Waals surface area contributed by atoms with Gasteiger partial charge >= 0.3 is 0 Å². The van der Waals surface area contributed by atoms with Crippen molar-refractivity contribution in [1.29, 1.82) is 0 Å². The molecule has 0 bridgehead atoms. The highest BCUT2D eigenvalue weighted by atomic mass is 16.2. The highest BCUT2D eigenvalue weighted by molar-refractivity contribution is 5.82. The van der Waals surface area contributed by atoms with E-state index in [-0.39, 0.29) is 5.91 Å². The van der Waals surface area contributed by atoms with Crippen molar-refractivity contribution in [2.24, 2.45) is 5.73 Å². The normalized spacial score (nSPS) is 17.7. The molecule has 2 rings (SSSR count). The number of nitrogens with two attached hydrogens (primary N) is 1. The first kappa shape index (κ1) is 17.0. The van der Waals surface area contributed by atoms with Crippen molar-refractivity contribution in [3.63, 3.8) is 0 Å². The lowest BCUT2D eigenvalue weighted by molar-refractivity contribution is -0.122. The number of hydrogen-bond donors (Lipinski definition) is 3. The van der Waals surface area contributed by atoms with Crippen LogP contribution in [0.25, 0.3) is 0 Å². The largest absolute Gasteiger partial charge is 0.353 e. The van der Waals surface area contributed by atoms with E-state index in [2.05, 4.69) is 10.6 Å². The number of benzene rings is 1. The third kappa shape index (κ3) is 5.43. The summed E-state index contributed by atoms with van der Waals surface area (Å²) in [4.78, 5) is 12.1. The molecule has 0 saturated heterocycles. The lowest BCUT2D eigenvalue weighted by Gasteiger charge is -2.17. The van der Waals surface area contributed by atoms with Gasteiger partial charge in [-0.05, 0) is 25.3 Å². The van der Waals surface area contributed by atoms with Crippen molar-refractivity contribution >= 4 is 5.91 Å². The van der Waals surface area contributed by atoms with E-state index in [1.165, 1.54) is 44.1 Å². The number of hydrogen-bond acceptors (Lipinski definition) is 3. The van der Waals surface area contributed by atoms with E-state index >= 15 is 0 Å². The molecule has 1 saturated carbocycles. The molecular weight excluding hydrogens is 274 g/mol. The number of aryl methyl sites for hydroxylation is 1. The topological polar surface area (TPSA) is 67.2 Å². The van der Waals surface area contributed by atoms with Crippen LogP contribution in [0.15, 0.2) is 24.3 Å². The second kappa shape index (κ2) is 8.91. The van der Waals surface area contributed by atoms with Crippen molar-refractivity contribution in [2.45, 2.75) is 57.5 Å². The molecule has 1 fully saturated rings. The van der Waals surface area contributed by atoms with Crippen molar-refractivity contribution in [3.05, 3.63) is 35.4 Å². The maximum atomic E-state index is 12.1. The van der Waals surface area contributed by atoms with Gasteiger partial charge < -0.3 is 16.4 Å². The van der Waals surface area contributed by atoms with Crippen LogP contribution in [0.5, 0.6) is 0 Å². The molecule has 0 spiro atoms. The molecule has 1 aromatic carbocycles. The monoisotopic (exact) mass is 303 g/mol. The van der Waals surface area contributed by atoms with E-state index in [1.807, 2.05) is 31.2 Å². The van der Waals surface area contributed by atoms with Gasteiger partial charge in [-0.1, -0.05) is 55.5 Å². The van der Waals surface area contributed by atoms with E-state index in [0.717, 1.165) is 12.1 Å². The van der Waals surface area contributed by atoms with Gasteiger partial charge in [0.05, 0.1) is 0 Å². The number of carbonyl (C=O) groups is 1. The molecule has 4 nitrogen and oxygen atoms in total. The Bertz CT molecular complexity index is 450. The van der Waals surface area contributed by atoms with Crippen LogP contribution in [0.4, 0.5) is 0 Å². The van der Waals surface area contributed by atoms with Crippen molar-refractivity contribution in [3.8, 4) is 0 Å². The maximum absolute atomic E-state index is 12.1. The summed E-state index contributed by atoms with van der Waals surface area (Å²) < 4.78 is 0. The molecule has 0 heterocycles. The second-order valence-electron chi connectivity index (χ2n) is 6.32. The molecule has 122 valence electrons. The number of carbonyl (C=O) groups excluding carboxylic acids is 1. The fraction of sp³-hybridized carbons (Fsp3) is 0.611. The van der Waals surface area contributed by atoms with Crippen LogP contribution in [0.1, 0.15) is 55.7 Å². The van der Waals surface area contributed by atoms with Crippen molar-refractivity contribution < 1.29 is 4.79 Å². The van der Waals surface area contributed by atoms with E-state index in [1.54, 1.807) is 0 Å². The Morgan fingerprint density at radius 3 is 2.41 bits per heavy atom. The highest BCUT2D eigenvalue weighted by Gasteiger charge is 2.15. The minimum atomic E-state index is -0.585. The maximum Gasteiger partial charge on any atom is 0.241 e. The minimum absolute atomic E-state index is 0.105. The minimum Gasteiger partial charge on any atom is -0.353 e. The molecule has 22 heavy (non-hydrogen) atoms. The standard InChI is InChI=1S/C18H29N3O/c1-14-8-10-15(11-9-14)17(19)18(22)21-13-12-20-16-6-4-2-3-5-7-16/h8-11,16-17,20H,2-7,12-13,19H2,1H3,(H,21,22). The van der Waals surface area contributed by atoms with Gasteiger partial charge in [-0.25, -0.2) is 0 Å². The summed E-state index contributed by atoms with van der Waals surface area (Å²) in [5.41, 5.74) is 8.03. The zero-order valence-corrected chi connectivity index (χ0v) is 13.6. The van der Waals surface area contributed by atoms with Crippen molar-refractivity contribution in [1.82, 2.24) is 10.6 Å². The molecule has 1 aromatic rings. The molecule has 0 radical (unpaired) electrons. The van der Waals surface area contributed by atoms with Crippen LogP contribution in [0.2, 0.25) is 0 Å². The first-order chi connectivity index (χ1) is 10.7. The van der Waals surface area contributed by atoms with E-state index in [9.17, 15) is 4.79 Å². The average molecular weight is 303 g/mol. The van der Waals surface area contributed by atoms with Gasteiger partial charge in [-0.3, -0.25) is 4.79 Å². The van der Waals surface area contributed by atoms with Crippen LogP contribution < -0.4 is 16.4 Å². The lowest BCUT2D eigenvalue weighted by atomic mass is 10.1. The average Bonchev–Trinajstić information content (AvgIpc) is 2.80. The fourth-order valence-corrected chi connectivity index (χ4v) is 2.98. The molecule has 4 N–H and O–H groups in total. The zero-order valence-electron chi connectivity index (χ0n) is 13.6. The first-order valence-corrected chi connectivity index (χ1v) is 8.50. The summed E-state index contributed by atoms with van der Waals surface area (Å²) >= 11 is 0. The second-order valence-corrected chi connectivity index (χ2v) is 6.32. The molecule has 0 aliphatic heterocycles. The molecule has 1 amide bonds. The van der Waals surface area contributed by atoms with E-state index < -0.39 is 6.04 Å². The summed E-state index contributed by atoms with van der Waals surface area (Å²) in [5, 5.41) is 6.47. The van der Waals surface area contributed by atoms with E-state index in [4.69, 9.17) is 5.73 Å². The number of rotatable bonds is 6. The van der Waals surface area contributed by atoms with Gasteiger partial charge in [0.2, 0.25) is 5.91 Å². The third-order valence-electron chi connectivity index (χ3n) is 4.43. The van der Waals surface area contributed by atoms with Crippen LogP contribution in [0, 0.1) is 6.92 Å². The molecule has 1 aliphatic rings. The molecule has 1 unspecified atom stereocenters. The predicted octanol–water partition coefficient (Wildman–Crippen LogP) is 2.42. The lowest BCUT2D eigenvalue weighted by Crippen LogP contribution is -2.40. The molecule has 1 aliphatic carbocycles. The van der Waals surface area contributed by atoms with Gasteiger partial charge in [0, 0.05) is 19.1 Å². The van der Waals surface area contributed by atoms with Crippen LogP contribution in [0.3, 0.4) is 0 Å². The quantitative estimate of drug-likeness (QED) is 0.558. The van der Waals surface area contributed by atoms with Gasteiger partial charge in [-0.15, -0.1) is 0 Å². The Balaban J connectivity index is 1.67. The van der Waals surface area contributed by atoms with Crippen LogP contribution in [-0.4, -0.2) is 25.0 Å². The number of amides is 1. The summed E-state index contributed by atoms with van der Waals surface area (Å²) in [6.07, 6.45) is 7.89. The summed E-state index contributed by atoms with van der Waals surface area (Å²) in [5.74, 6) is -0.105. The Morgan fingerprint density at radius 2 is 1.77 bits per heavy atom. The molecule has 0 aromatic heterocycles.